The van der Waals surface area contributed by atoms with Crippen molar-refractivity contribution >= 4 is 31.9 Å². The highest BCUT2D eigenvalue weighted by atomic mass is 79.9. The second-order valence-electron chi connectivity index (χ2n) is 4.34. The Morgan fingerprint density at radius 1 is 0.667 bits per heavy atom. The number of hydrogen-bond acceptors (Lipinski definition) is 0. The number of alkyl halides is 2. The minimum atomic E-state index is 0.816. The minimum absolute atomic E-state index is 0.816. The fourth-order valence-electron chi connectivity index (χ4n) is 2.78. The second kappa shape index (κ2) is 4.00. The predicted octanol–water partition coefficient (Wildman–Crippen LogP) is 4.11. The fourth-order valence-corrected chi connectivity index (χ4v) is 4.27. The zero-order valence-electron chi connectivity index (χ0n) is 7.31. The van der Waals surface area contributed by atoms with E-state index in [0.717, 1.165) is 21.5 Å². The quantitative estimate of drug-likeness (QED) is 0.590. The Kier molecular flexibility index (Phi) is 3.17. The number of fused-ring (bicyclic) bond motifs is 1. The predicted molar refractivity (Wildman–Crippen MR) is 60.1 cm³/mol. The van der Waals surface area contributed by atoms with Crippen molar-refractivity contribution in [3.05, 3.63) is 0 Å². The van der Waals surface area contributed by atoms with Crippen LogP contribution in [0.3, 0.4) is 0 Å². The molecule has 2 saturated carbocycles. The summed E-state index contributed by atoms with van der Waals surface area (Å²) in [6, 6.07) is 0. The summed E-state index contributed by atoms with van der Waals surface area (Å²) in [7, 11) is 0. The van der Waals surface area contributed by atoms with Crippen LogP contribution in [-0.4, -0.2) is 9.65 Å². The average Bonchev–Trinajstić information content (AvgIpc) is 2.03. The van der Waals surface area contributed by atoms with E-state index in [1.54, 1.807) is 0 Å². The van der Waals surface area contributed by atoms with E-state index in [-0.39, 0.29) is 0 Å². The molecule has 0 radical (unpaired) electrons. The summed E-state index contributed by atoms with van der Waals surface area (Å²) < 4.78 is 0. The number of rotatable bonds is 0. The highest BCUT2D eigenvalue weighted by Crippen LogP contribution is 2.44. The van der Waals surface area contributed by atoms with E-state index in [2.05, 4.69) is 31.9 Å². The summed E-state index contributed by atoms with van der Waals surface area (Å²) in [6.45, 7) is 0. The van der Waals surface area contributed by atoms with Crippen molar-refractivity contribution in [2.24, 2.45) is 11.8 Å². The lowest BCUT2D eigenvalue weighted by atomic mass is 9.71. The van der Waals surface area contributed by atoms with Crippen LogP contribution in [0.4, 0.5) is 0 Å². The third-order valence-electron chi connectivity index (χ3n) is 3.49. The van der Waals surface area contributed by atoms with Gasteiger partial charge in [0.2, 0.25) is 0 Å². The highest BCUT2D eigenvalue weighted by Gasteiger charge is 2.33. The first-order valence-electron chi connectivity index (χ1n) is 5.04. The summed E-state index contributed by atoms with van der Waals surface area (Å²) in [4.78, 5) is 1.63. The lowest BCUT2D eigenvalue weighted by molar-refractivity contribution is 0.182. The Balaban J connectivity index is 1.94. The molecule has 0 aromatic rings. The van der Waals surface area contributed by atoms with Gasteiger partial charge in [-0.15, -0.1) is 0 Å². The van der Waals surface area contributed by atoms with Gasteiger partial charge in [-0.1, -0.05) is 31.9 Å². The van der Waals surface area contributed by atoms with Gasteiger partial charge in [0, 0.05) is 9.65 Å². The standard InChI is InChI=1S/C10H16Br2/c11-9-3-1-7-2-4-10(12)6-8(7)5-9/h7-10H,1-6H2. The summed E-state index contributed by atoms with van der Waals surface area (Å²) in [5, 5.41) is 0. The molecule has 2 heteroatoms. The van der Waals surface area contributed by atoms with Crippen LogP contribution < -0.4 is 0 Å². The Morgan fingerprint density at radius 2 is 1.17 bits per heavy atom. The molecule has 0 aromatic carbocycles. The maximum absolute atomic E-state index is 3.75. The van der Waals surface area contributed by atoms with Gasteiger partial charge in [-0.05, 0) is 50.4 Å². The molecule has 0 bridgehead atoms. The van der Waals surface area contributed by atoms with E-state index in [0.29, 0.717) is 0 Å². The molecule has 0 N–H and O–H groups in total. The molecule has 0 amide bonds. The third-order valence-corrected chi connectivity index (χ3v) is 5.15. The first-order chi connectivity index (χ1) is 5.75. The molecule has 2 rings (SSSR count). The Hall–Kier alpha value is 0.960. The molecule has 0 aromatic heterocycles. The van der Waals surface area contributed by atoms with Gasteiger partial charge in [0.25, 0.3) is 0 Å². The molecule has 12 heavy (non-hydrogen) atoms. The van der Waals surface area contributed by atoms with Crippen LogP contribution in [0.15, 0.2) is 0 Å². The van der Waals surface area contributed by atoms with Crippen molar-refractivity contribution < 1.29 is 0 Å². The van der Waals surface area contributed by atoms with Crippen molar-refractivity contribution in [2.45, 2.75) is 48.2 Å². The molecule has 0 heterocycles. The summed E-state index contributed by atoms with van der Waals surface area (Å²) in [6.07, 6.45) is 8.61. The van der Waals surface area contributed by atoms with Crippen LogP contribution in [0.1, 0.15) is 38.5 Å². The maximum atomic E-state index is 3.75. The van der Waals surface area contributed by atoms with Gasteiger partial charge in [0.05, 0.1) is 0 Å². The van der Waals surface area contributed by atoms with E-state index < -0.39 is 0 Å². The average molecular weight is 296 g/mol. The molecule has 2 aliphatic carbocycles. The van der Waals surface area contributed by atoms with Crippen LogP contribution in [0.5, 0.6) is 0 Å². The minimum Gasteiger partial charge on any atom is -0.0891 e. The van der Waals surface area contributed by atoms with Gasteiger partial charge in [-0.25, -0.2) is 0 Å². The topological polar surface area (TPSA) is 0 Å². The van der Waals surface area contributed by atoms with Crippen LogP contribution in [0, 0.1) is 11.8 Å². The van der Waals surface area contributed by atoms with Crippen molar-refractivity contribution in [2.75, 3.05) is 0 Å². The molecule has 0 aliphatic heterocycles. The molecular weight excluding hydrogens is 280 g/mol. The fraction of sp³-hybridized carbons (Fsp3) is 1.00. The van der Waals surface area contributed by atoms with Gasteiger partial charge < -0.3 is 0 Å². The van der Waals surface area contributed by atoms with Crippen molar-refractivity contribution in [3.8, 4) is 0 Å². The van der Waals surface area contributed by atoms with Gasteiger partial charge in [-0.3, -0.25) is 0 Å². The van der Waals surface area contributed by atoms with Gasteiger partial charge >= 0.3 is 0 Å². The van der Waals surface area contributed by atoms with E-state index in [9.17, 15) is 0 Å². The third kappa shape index (κ3) is 2.06. The van der Waals surface area contributed by atoms with Crippen molar-refractivity contribution in [1.29, 1.82) is 0 Å². The number of halogens is 2. The second-order valence-corrected chi connectivity index (χ2v) is 6.93. The molecule has 2 aliphatic rings. The van der Waals surface area contributed by atoms with E-state index in [4.69, 9.17) is 0 Å². The summed E-state index contributed by atoms with van der Waals surface area (Å²) >= 11 is 7.51. The zero-order valence-corrected chi connectivity index (χ0v) is 10.5. The maximum Gasteiger partial charge on any atom is 0.0148 e. The first-order valence-corrected chi connectivity index (χ1v) is 6.87. The molecule has 2 fully saturated rings. The molecule has 0 spiro atoms. The molecule has 0 nitrogen and oxygen atoms in total. The lowest BCUT2D eigenvalue weighted by Crippen LogP contribution is -2.31. The van der Waals surface area contributed by atoms with Crippen molar-refractivity contribution in [3.63, 3.8) is 0 Å². The molecule has 2 unspecified atom stereocenters. The monoisotopic (exact) mass is 294 g/mol. The smallest absolute Gasteiger partial charge is 0.0148 e. The normalized spacial score (nSPS) is 48.5. The SMILES string of the molecule is BrC1CCC2CCC(Br)CC2C1. The molecule has 70 valence electrons. The van der Waals surface area contributed by atoms with E-state index >= 15 is 0 Å². The van der Waals surface area contributed by atoms with Crippen LogP contribution in [0.25, 0.3) is 0 Å². The van der Waals surface area contributed by atoms with E-state index in [1.165, 1.54) is 38.5 Å². The van der Waals surface area contributed by atoms with E-state index in [1.807, 2.05) is 0 Å². The van der Waals surface area contributed by atoms with Crippen LogP contribution in [-0.2, 0) is 0 Å². The largest absolute Gasteiger partial charge is 0.0891 e. The van der Waals surface area contributed by atoms with Gasteiger partial charge in [-0.2, -0.15) is 0 Å². The van der Waals surface area contributed by atoms with Gasteiger partial charge in [0.1, 0.15) is 0 Å². The van der Waals surface area contributed by atoms with Crippen LogP contribution >= 0.6 is 31.9 Å². The summed E-state index contributed by atoms with van der Waals surface area (Å²) in [5.41, 5.74) is 0. The van der Waals surface area contributed by atoms with Crippen molar-refractivity contribution in [1.82, 2.24) is 0 Å². The van der Waals surface area contributed by atoms with Crippen LogP contribution in [0.2, 0.25) is 0 Å². The highest BCUT2D eigenvalue weighted by molar-refractivity contribution is 9.09. The zero-order chi connectivity index (χ0) is 8.55. The summed E-state index contributed by atoms with van der Waals surface area (Å²) in [5.74, 6) is 2.08. The molecular formula is C10H16Br2. The molecule has 2 atom stereocenters. The number of hydrogen-bond donors (Lipinski definition) is 0. The molecule has 0 saturated heterocycles. The Bertz CT molecular complexity index is 142. The Labute approximate surface area is 91.7 Å². The first kappa shape index (κ1) is 9.51. The van der Waals surface area contributed by atoms with Gasteiger partial charge in [0.15, 0.2) is 0 Å². The lowest BCUT2D eigenvalue weighted by Gasteiger charge is -2.39. The Morgan fingerprint density at radius 3 is 1.67 bits per heavy atom.